The van der Waals surface area contributed by atoms with Crippen LogP contribution in [0.15, 0.2) is 29.8 Å². The highest BCUT2D eigenvalue weighted by atomic mass is 32.1. The molecule has 2 nitrogen and oxygen atoms in total. The SMILES string of the molecule is Cn1nccc1/C=C/c1cccs1. The molecule has 0 aliphatic heterocycles. The van der Waals surface area contributed by atoms with Crippen molar-refractivity contribution >= 4 is 23.5 Å². The second-order valence-corrected chi connectivity index (χ2v) is 3.71. The lowest BCUT2D eigenvalue weighted by atomic mass is 10.3. The monoisotopic (exact) mass is 190 g/mol. The van der Waals surface area contributed by atoms with Gasteiger partial charge >= 0.3 is 0 Å². The van der Waals surface area contributed by atoms with E-state index in [1.54, 1.807) is 17.5 Å². The number of aryl methyl sites for hydroxylation is 1. The Morgan fingerprint density at radius 3 is 2.92 bits per heavy atom. The Labute approximate surface area is 81.1 Å². The summed E-state index contributed by atoms with van der Waals surface area (Å²) in [4.78, 5) is 1.27. The van der Waals surface area contributed by atoms with E-state index in [1.165, 1.54) is 4.88 Å². The lowest BCUT2D eigenvalue weighted by Crippen LogP contribution is -1.91. The average molecular weight is 190 g/mol. The number of thiophene rings is 1. The second-order valence-electron chi connectivity index (χ2n) is 2.73. The first-order valence-corrected chi connectivity index (χ1v) is 4.94. The van der Waals surface area contributed by atoms with Crippen LogP contribution in [-0.4, -0.2) is 9.78 Å². The Balaban J connectivity index is 2.19. The highest BCUT2D eigenvalue weighted by Gasteiger charge is 1.91. The van der Waals surface area contributed by atoms with Crippen molar-refractivity contribution in [3.63, 3.8) is 0 Å². The van der Waals surface area contributed by atoms with E-state index in [0.29, 0.717) is 0 Å². The molecular weight excluding hydrogens is 180 g/mol. The molecule has 0 fully saturated rings. The third-order valence-corrected chi connectivity index (χ3v) is 2.66. The fourth-order valence-electron chi connectivity index (χ4n) is 1.10. The van der Waals surface area contributed by atoms with Crippen molar-refractivity contribution in [3.8, 4) is 0 Å². The van der Waals surface area contributed by atoms with E-state index in [-0.39, 0.29) is 0 Å². The molecule has 13 heavy (non-hydrogen) atoms. The zero-order valence-corrected chi connectivity index (χ0v) is 8.16. The van der Waals surface area contributed by atoms with E-state index in [2.05, 4.69) is 28.7 Å². The summed E-state index contributed by atoms with van der Waals surface area (Å²) in [5.74, 6) is 0. The van der Waals surface area contributed by atoms with Crippen molar-refractivity contribution in [2.75, 3.05) is 0 Å². The van der Waals surface area contributed by atoms with Crippen LogP contribution in [0.2, 0.25) is 0 Å². The van der Waals surface area contributed by atoms with E-state index in [4.69, 9.17) is 0 Å². The van der Waals surface area contributed by atoms with Gasteiger partial charge in [0.2, 0.25) is 0 Å². The molecule has 3 heteroatoms. The van der Waals surface area contributed by atoms with Gasteiger partial charge in [0.05, 0.1) is 5.69 Å². The van der Waals surface area contributed by atoms with Crippen molar-refractivity contribution in [2.24, 2.45) is 7.05 Å². The lowest BCUT2D eigenvalue weighted by molar-refractivity contribution is 0.760. The third-order valence-electron chi connectivity index (χ3n) is 1.82. The Bertz CT molecular complexity index is 398. The third kappa shape index (κ3) is 1.87. The fraction of sp³-hybridized carbons (Fsp3) is 0.100. The number of hydrogen-bond acceptors (Lipinski definition) is 2. The number of aromatic nitrogens is 2. The average Bonchev–Trinajstić information content (AvgIpc) is 2.72. The van der Waals surface area contributed by atoms with Gasteiger partial charge in [-0.15, -0.1) is 11.3 Å². The van der Waals surface area contributed by atoms with Crippen LogP contribution in [0, 0.1) is 0 Å². The molecular formula is C10H10N2S. The minimum atomic E-state index is 1.12. The zero-order chi connectivity index (χ0) is 9.10. The second kappa shape index (κ2) is 3.58. The first-order valence-electron chi connectivity index (χ1n) is 4.06. The largest absolute Gasteiger partial charge is 0.269 e. The van der Waals surface area contributed by atoms with Crippen LogP contribution in [0.3, 0.4) is 0 Å². The smallest absolute Gasteiger partial charge is 0.0607 e. The molecule has 66 valence electrons. The van der Waals surface area contributed by atoms with Gasteiger partial charge in [-0.25, -0.2) is 0 Å². The maximum Gasteiger partial charge on any atom is 0.0607 e. The van der Waals surface area contributed by atoms with E-state index >= 15 is 0 Å². The van der Waals surface area contributed by atoms with Gasteiger partial charge in [-0.2, -0.15) is 5.10 Å². The molecule has 0 aliphatic rings. The summed E-state index contributed by atoms with van der Waals surface area (Å²) in [5, 5.41) is 6.16. The Morgan fingerprint density at radius 2 is 2.31 bits per heavy atom. The van der Waals surface area contributed by atoms with E-state index in [0.717, 1.165) is 5.69 Å². The number of nitrogens with zero attached hydrogens (tertiary/aromatic N) is 2. The molecule has 0 spiro atoms. The molecule has 2 aromatic rings. The maximum atomic E-state index is 4.09. The quantitative estimate of drug-likeness (QED) is 0.712. The molecule has 2 aromatic heterocycles. The van der Waals surface area contributed by atoms with Crippen LogP contribution >= 0.6 is 11.3 Å². The van der Waals surface area contributed by atoms with Gasteiger partial charge in [0.25, 0.3) is 0 Å². The molecule has 0 aliphatic carbocycles. The van der Waals surface area contributed by atoms with E-state index in [1.807, 2.05) is 23.9 Å². The Morgan fingerprint density at radius 1 is 1.38 bits per heavy atom. The van der Waals surface area contributed by atoms with Gasteiger partial charge in [-0.1, -0.05) is 6.07 Å². The Kier molecular flexibility index (Phi) is 2.27. The zero-order valence-electron chi connectivity index (χ0n) is 7.34. The summed E-state index contributed by atoms with van der Waals surface area (Å²) in [6.45, 7) is 0. The molecule has 0 unspecified atom stereocenters. The highest BCUT2D eigenvalue weighted by molar-refractivity contribution is 7.10. The first kappa shape index (κ1) is 8.26. The van der Waals surface area contributed by atoms with Crippen molar-refractivity contribution in [1.29, 1.82) is 0 Å². The van der Waals surface area contributed by atoms with Crippen molar-refractivity contribution in [3.05, 3.63) is 40.3 Å². The topological polar surface area (TPSA) is 17.8 Å². The summed E-state index contributed by atoms with van der Waals surface area (Å²) in [5.41, 5.74) is 1.12. The summed E-state index contributed by atoms with van der Waals surface area (Å²) < 4.78 is 1.85. The number of hydrogen-bond donors (Lipinski definition) is 0. The summed E-state index contributed by atoms with van der Waals surface area (Å²) in [6.07, 6.45) is 5.97. The molecule has 0 atom stereocenters. The van der Waals surface area contributed by atoms with Gasteiger partial charge in [0.1, 0.15) is 0 Å². The predicted molar refractivity (Wildman–Crippen MR) is 56.5 cm³/mol. The van der Waals surface area contributed by atoms with Crippen LogP contribution in [0.5, 0.6) is 0 Å². The molecule has 0 bridgehead atoms. The van der Waals surface area contributed by atoms with E-state index < -0.39 is 0 Å². The molecule has 0 saturated carbocycles. The van der Waals surface area contributed by atoms with Gasteiger partial charge < -0.3 is 0 Å². The Hall–Kier alpha value is -1.35. The molecule has 0 aromatic carbocycles. The predicted octanol–water partition coefficient (Wildman–Crippen LogP) is 2.65. The normalized spacial score (nSPS) is 11.2. The molecule has 0 N–H and O–H groups in total. The van der Waals surface area contributed by atoms with Gasteiger partial charge in [0.15, 0.2) is 0 Å². The van der Waals surface area contributed by atoms with Crippen molar-refractivity contribution < 1.29 is 0 Å². The van der Waals surface area contributed by atoms with Crippen LogP contribution in [0.4, 0.5) is 0 Å². The van der Waals surface area contributed by atoms with Crippen LogP contribution in [0.1, 0.15) is 10.6 Å². The molecule has 0 radical (unpaired) electrons. The van der Waals surface area contributed by atoms with Crippen LogP contribution in [-0.2, 0) is 7.05 Å². The van der Waals surface area contributed by atoms with Crippen molar-refractivity contribution in [2.45, 2.75) is 0 Å². The van der Waals surface area contributed by atoms with Gasteiger partial charge in [-0.3, -0.25) is 4.68 Å². The van der Waals surface area contributed by atoms with E-state index in [9.17, 15) is 0 Å². The fourth-order valence-corrected chi connectivity index (χ4v) is 1.72. The minimum Gasteiger partial charge on any atom is -0.269 e. The van der Waals surface area contributed by atoms with Crippen LogP contribution < -0.4 is 0 Å². The highest BCUT2D eigenvalue weighted by Crippen LogP contribution is 2.12. The van der Waals surface area contributed by atoms with Crippen LogP contribution in [0.25, 0.3) is 12.2 Å². The molecule has 0 saturated heterocycles. The first-order chi connectivity index (χ1) is 6.36. The van der Waals surface area contributed by atoms with Gasteiger partial charge in [0, 0.05) is 18.1 Å². The molecule has 0 amide bonds. The standard InChI is InChI=1S/C10H10N2S/c1-12-9(6-7-11-12)4-5-10-3-2-8-13-10/h2-8H,1H3/b5-4+. The summed E-state index contributed by atoms with van der Waals surface area (Å²) in [6, 6.07) is 6.13. The summed E-state index contributed by atoms with van der Waals surface area (Å²) in [7, 11) is 1.94. The summed E-state index contributed by atoms with van der Waals surface area (Å²) >= 11 is 1.73. The maximum absolute atomic E-state index is 4.09. The van der Waals surface area contributed by atoms with Gasteiger partial charge in [-0.05, 0) is 29.7 Å². The minimum absolute atomic E-state index is 1.12. The molecule has 2 rings (SSSR count). The van der Waals surface area contributed by atoms with Crippen molar-refractivity contribution in [1.82, 2.24) is 9.78 Å². The lowest BCUT2D eigenvalue weighted by Gasteiger charge is -1.92. The molecule has 2 heterocycles. The number of rotatable bonds is 2.